The van der Waals surface area contributed by atoms with Gasteiger partial charge in [-0.05, 0) is 39.2 Å². The maximum atomic E-state index is 12.5. The van der Waals surface area contributed by atoms with Crippen LogP contribution in [-0.4, -0.2) is 24.7 Å². The maximum absolute atomic E-state index is 12.5. The summed E-state index contributed by atoms with van der Waals surface area (Å²) in [4.78, 5) is 0. The molecule has 1 aromatic rings. The summed E-state index contributed by atoms with van der Waals surface area (Å²) in [6, 6.07) is 5.80. The van der Waals surface area contributed by atoms with Gasteiger partial charge in [0.25, 0.3) is 0 Å². The molecule has 1 aliphatic rings. The molecule has 22 heavy (non-hydrogen) atoms. The number of rotatable bonds is 3. The Morgan fingerprint density at radius 3 is 2.09 bits per heavy atom. The van der Waals surface area contributed by atoms with Crippen LogP contribution in [0.4, 0.5) is 13.2 Å². The molecule has 0 aliphatic carbocycles. The van der Waals surface area contributed by atoms with Crippen molar-refractivity contribution in [3.63, 3.8) is 0 Å². The van der Waals surface area contributed by atoms with Crippen LogP contribution in [0.2, 0.25) is 0 Å². The van der Waals surface area contributed by atoms with Crippen LogP contribution in [0.15, 0.2) is 30.8 Å². The van der Waals surface area contributed by atoms with Crippen LogP contribution in [-0.2, 0) is 9.31 Å². The Morgan fingerprint density at radius 1 is 1.09 bits per heavy atom. The van der Waals surface area contributed by atoms with Crippen LogP contribution in [0.1, 0.15) is 33.3 Å². The first-order valence-electron chi connectivity index (χ1n) is 6.82. The Bertz CT molecular complexity index is 566. The summed E-state index contributed by atoms with van der Waals surface area (Å²) in [5.41, 5.74) is -0.697. The third kappa shape index (κ3) is 3.30. The standard InChI is InChI=1S/C15H18BF3O3/c1-10(16-21-13(2,3)14(4,5)22-16)11-8-6-7-9-12(11)20-15(17,18)19/h6-9H,1H2,2-5H3. The van der Waals surface area contributed by atoms with Gasteiger partial charge in [-0.1, -0.05) is 24.8 Å². The number of halogens is 3. The molecule has 1 fully saturated rings. The van der Waals surface area contributed by atoms with Crippen molar-refractivity contribution < 1.29 is 27.2 Å². The van der Waals surface area contributed by atoms with E-state index >= 15 is 0 Å². The molecule has 0 spiro atoms. The number of hydrogen-bond donors (Lipinski definition) is 0. The molecule has 1 aliphatic heterocycles. The van der Waals surface area contributed by atoms with Gasteiger partial charge in [0.15, 0.2) is 0 Å². The second-order valence-electron chi connectivity index (χ2n) is 6.16. The summed E-state index contributed by atoms with van der Waals surface area (Å²) in [7, 11) is -0.831. The van der Waals surface area contributed by atoms with Crippen molar-refractivity contribution in [2.45, 2.75) is 45.3 Å². The van der Waals surface area contributed by atoms with Crippen molar-refractivity contribution >= 4 is 12.6 Å². The molecule has 0 saturated carbocycles. The fraction of sp³-hybridized carbons (Fsp3) is 0.467. The molecule has 0 bridgehead atoms. The van der Waals surface area contributed by atoms with Crippen LogP contribution in [0, 0.1) is 0 Å². The molecule has 120 valence electrons. The van der Waals surface area contributed by atoms with Crippen molar-refractivity contribution in [3.05, 3.63) is 36.4 Å². The minimum Gasteiger partial charge on any atom is -0.405 e. The highest BCUT2D eigenvalue weighted by molar-refractivity contribution is 6.68. The van der Waals surface area contributed by atoms with Gasteiger partial charge in [0.1, 0.15) is 5.75 Å². The fourth-order valence-corrected chi connectivity index (χ4v) is 2.06. The predicted octanol–water partition coefficient (Wildman–Crippen LogP) is 4.23. The lowest BCUT2D eigenvalue weighted by molar-refractivity contribution is -0.274. The number of benzene rings is 1. The second kappa shape index (κ2) is 5.31. The third-order valence-corrected chi connectivity index (χ3v) is 4.00. The number of hydrogen-bond acceptors (Lipinski definition) is 3. The number of para-hydroxylation sites is 1. The van der Waals surface area contributed by atoms with Gasteiger partial charge in [-0.2, -0.15) is 0 Å². The van der Waals surface area contributed by atoms with Crippen molar-refractivity contribution in [3.8, 4) is 5.75 Å². The molecule has 1 aromatic carbocycles. The average molecular weight is 314 g/mol. The zero-order chi connectivity index (χ0) is 16.8. The van der Waals surface area contributed by atoms with E-state index in [2.05, 4.69) is 11.3 Å². The van der Waals surface area contributed by atoms with E-state index in [0.717, 1.165) is 0 Å². The van der Waals surface area contributed by atoms with Crippen LogP contribution in [0.5, 0.6) is 5.75 Å². The largest absolute Gasteiger partial charge is 0.573 e. The molecular formula is C15H18BF3O3. The molecule has 0 aromatic heterocycles. The SMILES string of the molecule is C=C(B1OC(C)(C)C(C)(C)O1)c1ccccc1OC(F)(F)F. The molecular weight excluding hydrogens is 296 g/mol. The number of ether oxygens (including phenoxy) is 1. The molecule has 3 nitrogen and oxygen atoms in total. The van der Waals surface area contributed by atoms with E-state index in [1.807, 2.05) is 27.7 Å². The van der Waals surface area contributed by atoms with Gasteiger partial charge in [0.05, 0.1) is 11.2 Å². The molecule has 1 saturated heterocycles. The summed E-state index contributed by atoms with van der Waals surface area (Å²) in [6.45, 7) is 11.3. The zero-order valence-electron chi connectivity index (χ0n) is 13.0. The lowest BCUT2D eigenvalue weighted by Crippen LogP contribution is -2.41. The van der Waals surface area contributed by atoms with Crippen molar-refractivity contribution in [1.29, 1.82) is 0 Å². The molecule has 0 N–H and O–H groups in total. The van der Waals surface area contributed by atoms with E-state index in [0.29, 0.717) is 5.47 Å². The zero-order valence-corrected chi connectivity index (χ0v) is 13.0. The Morgan fingerprint density at radius 2 is 1.59 bits per heavy atom. The van der Waals surface area contributed by atoms with Gasteiger partial charge in [-0.25, -0.2) is 0 Å². The van der Waals surface area contributed by atoms with E-state index in [4.69, 9.17) is 9.31 Å². The van der Waals surface area contributed by atoms with Crippen molar-refractivity contribution in [1.82, 2.24) is 0 Å². The van der Waals surface area contributed by atoms with Crippen LogP contribution >= 0.6 is 0 Å². The third-order valence-electron chi connectivity index (χ3n) is 4.00. The summed E-state index contributed by atoms with van der Waals surface area (Å²) in [5, 5.41) is 0. The van der Waals surface area contributed by atoms with Gasteiger partial charge in [-0.3, -0.25) is 0 Å². The minimum absolute atomic E-state index is 0.207. The van der Waals surface area contributed by atoms with Crippen molar-refractivity contribution in [2.75, 3.05) is 0 Å². The summed E-state index contributed by atoms with van der Waals surface area (Å²) in [6.07, 6.45) is -4.77. The number of alkyl halides is 3. The Balaban J connectivity index is 2.28. The molecule has 7 heteroatoms. The summed E-state index contributed by atoms with van der Waals surface area (Å²) >= 11 is 0. The van der Waals surface area contributed by atoms with Crippen LogP contribution < -0.4 is 4.74 Å². The lowest BCUT2D eigenvalue weighted by atomic mass is 9.75. The van der Waals surface area contributed by atoms with Gasteiger partial charge < -0.3 is 14.0 Å². The highest BCUT2D eigenvalue weighted by Crippen LogP contribution is 2.41. The van der Waals surface area contributed by atoms with E-state index in [-0.39, 0.29) is 11.3 Å². The minimum atomic E-state index is -4.77. The fourth-order valence-electron chi connectivity index (χ4n) is 2.06. The van der Waals surface area contributed by atoms with Crippen LogP contribution in [0.3, 0.4) is 0 Å². The summed E-state index contributed by atoms with van der Waals surface area (Å²) in [5.74, 6) is -0.324. The van der Waals surface area contributed by atoms with Crippen molar-refractivity contribution in [2.24, 2.45) is 0 Å². The monoisotopic (exact) mass is 314 g/mol. The van der Waals surface area contributed by atoms with E-state index in [9.17, 15) is 13.2 Å². The first kappa shape index (κ1) is 16.9. The topological polar surface area (TPSA) is 27.7 Å². The predicted molar refractivity (Wildman–Crippen MR) is 78.2 cm³/mol. The van der Waals surface area contributed by atoms with Gasteiger partial charge in [0.2, 0.25) is 0 Å². The van der Waals surface area contributed by atoms with Gasteiger partial charge in [-0.15, -0.1) is 13.2 Å². The van der Waals surface area contributed by atoms with E-state index in [1.54, 1.807) is 6.07 Å². The van der Waals surface area contributed by atoms with Gasteiger partial charge in [0, 0.05) is 5.56 Å². The molecule has 1 heterocycles. The first-order chi connectivity index (χ1) is 9.93. The highest BCUT2D eigenvalue weighted by atomic mass is 19.4. The van der Waals surface area contributed by atoms with E-state index < -0.39 is 24.7 Å². The quantitative estimate of drug-likeness (QED) is 0.782. The highest BCUT2D eigenvalue weighted by Gasteiger charge is 2.52. The normalized spacial score (nSPS) is 20.0. The van der Waals surface area contributed by atoms with E-state index in [1.165, 1.54) is 18.2 Å². The lowest BCUT2D eigenvalue weighted by Gasteiger charge is -2.32. The second-order valence-corrected chi connectivity index (χ2v) is 6.16. The molecule has 2 rings (SSSR count). The Kier molecular flexibility index (Phi) is 4.08. The van der Waals surface area contributed by atoms with Gasteiger partial charge >= 0.3 is 13.5 Å². The molecule has 0 unspecified atom stereocenters. The Hall–Kier alpha value is -1.47. The molecule has 0 atom stereocenters. The first-order valence-corrected chi connectivity index (χ1v) is 6.82. The average Bonchev–Trinajstić information content (AvgIpc) is 2.56. The summed E-state index contributed by atoms with van der Waals surface area (Å²) < 4.78 is 53.1. The smallest absolute Gasteiger partial charge is 0.405 e. The Labute approximate surface area is 128 Å². The van der Waals surface area contributed by atoms with Crippen LogP contribution in [0.25, 0.3) is 5.47 Å². The molecule has 0 radical (unpaired) electrons. The molecule has 0 amide bonds. The maximum Gasteiger partial charge on any atom is 0.573 e.